The van der Waals surface area contributed by atoms with E-state index < -0.39 is 5.91 Å². The summed E-state index contributed by atoms with van der Waals surface area (Å²) in [5.74, 6) is -0.280. The Bertz CT molecular complexity index is 1090. The second-order valence-corrected chi connectivity index (χ2v) is 6.79. The van der Waals surface area contributed by atoms with Crippen LogP contribution in [0.5, 0.6) is 11.5 Å². The van der Waals surface area contributed by atoms with Crippen molar-refractivity contribution in [2.45, 2.75) is 0 Å². The molecule has 0 radical (unpaired) electrons. The maximum absolute atomic E-state index is 12.6. The maximum Gasteiger partial charge on any atom is 0.275 e. The third-order valence-electron chi connectivity index (χ3n) is 4.08. The Morgan fingerprint density at radius 2 is 1.40 bits per heavy atom. The molecule has 0 bridgehead atoms. The van der Waals surface area contributed by atoms with Gasteiger partial charge in [0.1, 0.15) is 22.3 Å². The standard InChI is InChI=1S/C21H17Cl2N3O4/c1-29-16-11-15(25-21(28)19-13(22)8-9-18(23)26-19)17(30-2)10-14(16)24-20(27)12-6-4-3-5-7-12/h3-11H,1-2H3,(H,24,27)(H,25,28). The average Bonchev–Trinajstić information content (AvgIpc) is 2.76. The molecular formula is C21H17Cl2N3O4. The van der Waals surface area contributed by atoms with Gasteiger partial charge in [0.2, 0.25) is 0 Å². The third kappa shape index (κ3) is 4.82. The number of aromatic nitrogens is 1. The molecule has 3 rings (SSSR count). The monoisotopic (exact) mass is 445 g/mol. The van der Waals surface area contributed by atoms with Crippen LogP contribution in [0.2, 0.25) is 10.2 Å². The number of rotatable bonds is 6. The number of ether oxygens (including phenoxy) is 2. The van der Waals surface area contributed by atoms with Crippen LogP contribution in [0.4, 0.5) is 11.4 Å². The molecule has 1 aromatic heterocycles. The molecule has 0 saturated heterocycles. The molecule has 0 fully saturated rings. The molecule has 0 unspecified atom stereocenters. The zero-order valence-corrected chi connectivity index (χ0v) is 17.5. The van der Waals surface area contributed by atoms with Crippen LogP contribution in [0, 0.1) is 0 Å². The van der Waals surface area contributed by atoms with E-state index in [0.717, 1.165) is 0 Å². The van der Waals surface area contributed by atoms with Crippen molar-refractivity contribution >= 4 is 46.4 Å². The summed E-state index contributed by atoms with van der Waals surface area (Å²) in [7, 11) is 2.88. The normalized spacial score (nSPS) is 10.3. The van der Waals surface area contributed by atoms with Crippen LogP contribution in [0.25, 0.3) is 0 Å². The molecule has 3 aromatic rings. The highest BCUT2D eigenvalue weighted by Gasteiger charge is 2.19. The van der Waals surface area contributed by atoms with Gasteiger partial charge in [-0.3, -0.25) is 9.59 Å². The highest BCUT2D eigenvalue weighted by molar-refractivity contribution is 6.35. The van der Waals surface area contributed by atoms with Gasteiger partial charge in [0.05, 0.1) is 30.6 Å². The number of hydrogen-bond donors (Lipinski definition) is 2. The van der Waals surface area contributed by atoms with Crippen molar-refractivity contribution < 1.29 is 19.1 Å². The van der Waals surface area contributed by atoms with Crippen molar-refractivity contribution in [3.05, 3.63) is 76.0 Å². The molecule has 0 aliphatic heterocycles. The fourth-order valence-electron chi connectivity index (χ4n) is 2.64. The Balaban J connectivity index is 1.90. The van der Waals surface area contributed by atoms with Gasteiger partial charge in [-0.05, 0) is 24.3 Å². The molecule has 2 aromatic carbocycles. The van der Waals surface area contributed by atoms with Crippen LogP contribution in [-0.4, -0.2) is 31.0 Å². The molecule has 154 valence electrons. The van der Waals surface area contributed by atoms with Crippen molar-refractivity contribution in [2.75, 3.05) is 24.9 Å². The number of methoxy groups -OCH3 is 2. The van der Waals surface area contributed by atoms with Gasteiger partial charge in [0.15, 0.2) is 0 Å². The minimum atomic E-state index is -0.580. The van der Waals surface area contributed by atoms with Gasteiger partial charge in [0.25, 0.3) is 11.8 Å². The summed E-state index contributed by atoms with van der Waals surface area (Å²) in [6, 6.07) is 14.8. The molecule has 0 aliphatic rings. The van der Waals surface area contributed by atoms with E-state index in [1.165, 1.54) is 32.4 Å². The zero-order chi connectivity index (χ0) is 21.7. The van der Waals surface area contributed by atoms with Gasteiger partial charge in [0, 0.05) is 17.7 Å². The predicted molar refractivity (Wildman–Crippen MR) is 116 cm³/mol. The number of halogens is 2. The third-order valence-corrected chi connectivity index (χ3v) is 4.60. The van der Waals surface area contributed by atoms with Gasteiger partial charge in [-0.1, -0.05) is 41.4 Å². The lowest BCUT2D eigenvalue weighted by Crippen LogP contribution is -2.16. The first-order valence-electron chi connectivity index (χ1n) is 8.68. The second kappa shape index (κ2) is 9.47. The number of nitrogens with one attached hydrogen (secondary N) is 2. The Labute approximate surface area is 182 Å². The topological polar surface area (TPSA) is 89.6 Å². The minimum absolute atomic E-state index is 0.0355. The van der Waals surface area contributed by atoms with Crippen LogP contribution < -0.4 is 20.1 Å². The molecule has 2 N–H and O–H groups in total. The maximum atomic E-state index is 12.6. The van der Waals surface area contributed by atoms with Gasteiger partial charge in [-0.15, -0.1) is 0 Å². The average molecular weight is 446 g/mol. The molecule has 2 amide bonds. The molecular weight excluding hydrogens is 429 g/mol. The van der Waals surface area contributed by atoms with E-state index in [4.69, 9.17) is 32.7 Å². The lowest BCUT2D eigenvalue weighted by Gasteiger charge is -2.16. The fourth-order valence-corrected chi connectivity index (χ4v) is 2.97. The van der Waals surface area contributed by atoms with Gasteiger partial charge >= 0.3 is 0 Å². The minimum Gasteiger partial charge on any atom is -0.494 e. The number of carbonyl (C=O) groups is 2. The van der Waals surface area contributed by atoms with Crippen molar-refractivity contribution in [1.29, 1.82) is 0 Å². The van der Waals surface area contributed by atoms with Crippen LogP contribution in [0.3, 0.4) is 0 Å². The van der Waals surface area contributed by atoms with Crippen molar-refractivity contribution in [1.82, 2.24) is 4.98 Å². The number of carbonyl (C=O) groups excluding carboxylic acids is 2. The highest BCUT2D eigenvalue weighted by atomic mass is 35.5. The molecule has 0 spiro atoms. The Hall–Kier alpha value is -3.29. The van der Waals surface area contributed by atoms with E-state index >= 15 is 0 Å². The first kappa shape index (κ1) is 21.4. The van der Waals surface area contributed by atoms with Crippen LogP contribution >= 0.6 is 23.2 Å². The molecule has 30 heavy (non-hydrogen) atoms. The number of benzene rings is 2. The van der Waals surface area contributed by atoms with Crippen LogP contribution in [-0.2, 0) is 0 Å². The van der Waals surface area contributed by atoms with E-state index in [1.54, 1.807) is 30.3 Å². The molecule has 0 atom stereocenters. The quantitative estimate of drug-likeness (QED) is 0.526. The summed E-state index contributed by atoms with van der Waals surface area (Å²) in [4.78, 5) is 29.1. The van der Waals surface area contributed by atoms with Crippen LogP contribution in [0.15, 0.2) is 54.6 Å². The molecule has 7 nitrogen and oxygen atoms in total. The summed E-state index contributed by atoms with van der Waals surface area (Å²) < 4.78 is 10.7. The summed E-state index contributed by atoms with van der Waals surface area (Å²) >= 11 is 11.9. The summed E-state index contributed by atoms with van der Waals surface area (Å²) in [6.45, 7) is 0. The van der Waals surface area contributed by atoms with E-state index in [-0.39, 0.29) is 21.8 Å². The molecule has 0 saturated carbocycles. The van der Waals surface area contributed by atoms with Crippen molar-refractivity contribution in [3.8, 4) is 11.5 Å². The zero-order valence-electron chi connectivity index (χ0n) is 16.0. The number of amides is 2. The van der Waals surface area contributed by atoms with Crippen molar-refractivity contribution in [3.63, 3.8) is 0 Å². The summed E-state index contributed by atoms with van der Waals surface area (Å²) in [5.41, 5.74) is 1.12. The van der Waals surface area contributed by atoms with Crippen LogP contribution in [0.1, 0.15) is 20.8 Å². The predicted octanol–water partition coefficient (Wildman–Crippen LogP) is 4.91. The van der Waals surface area contributed by atoms with E-state index in [1.807, 2.05) is 6.07 Å². The van der Waals surface area contributed by atoms with E-state index in [0.29, 0.717) is 28.4 Å². The Morgan fingerprint density at radius 3 is 1.97 bits per heavy atom. The van der Waals surface area contributed by atoms with Gasteiger partial charge in [-0.2, -0.15) is 0 Å². The Kier molecular flexibility index (Phi) is 6.76. The summed E-state index contributed by atoms with van der Waals surface area (Å²) in [6.07, 6.45) is 0. The number of pyridine rings is 1. The number of nitrogens with zero attached hydrogens (tertiary/aromatic N) is 1. The van der Waals surface area contributed by atoms with E-state index in [9.17, 15) is 9.59 Å². The molecule has 1 heterocycles. The fraction of sp³-hybridized carbons (Fsp3) is 0.0952. The molecule has 9 heteroatoms. The largest absolute Gasteiger partial charge is 0.494 e. The van der Waals surface area contributed by atoms with E-state index in [2.05, 4.69) is 15.6 Å². The first-order valence-corrected chi connectivity index (χ1v) is 9.44. The number of hydrogen-bond acceptors (Lipinski definition) is 5. The lowest BCUT2D eigenvalue weighted by molar-refractivity contribution is 0.101. The van der Waals surface area contributed by atoms with Gasteiger partial charge < -0.3 is 20.1 Å². The van der Waals surface area contributed by atoms with Gasteiger partial charge in [-0.25, -0.2) is 4.98 Å². The smallest absolute Gasteiger partial charge is 0.275 e. The SMILES string of the molecule is COc1cc(NC(=O)c2nc(Cl)ccc2Cl)c(OC)cc1NC(=O)c1ccccc1. The molecule has 0 aliphatic carbocycles. The lowest BCUT2D eigenvalue weighted by atomic mass is 10.2. The first-order chi connectivity index (χ1) is 14.4. The second-order valence-electron chi connectivity index (χ2n) is 5.99. The number of anilines is 2. The highest BCUT2D eigenvalue weighted by Crippen LogP contribution is 2.37. The summed E-state index contributed by atoms with van der Waals surface area (Å²) in [5, 5.41) is 5.72. The van der Waals surface area contributed by atoms with Crippen molar-refractivity contribution in [2.24, 2.45) is 0 Å². The Morgan fingerprint density at radius 1 is 0.833 bits per heavy atom.